The lowest BCUT2D eigenvalue weighted by Gasteiger charge is -2.23. The predicted molar refractivity (Wildman–Crippen MR) is 65.3 cm³/mol. The molecular weight excluding hydrogens is 212 g/mol. The van der Waals surface area contributed by atoms with Gasteiger partial charge in [0.1, 0.15) is 0 Å². The molecular formula is C14H20N2O. The van der Waals surface area contributed by atoms with Crippen LogP contribution in [0.2, 0.25) is 0 Å². The van der Waals surface area contributed by atoms with Crippen molar-refractivity contribution >= 4 is 0 Å². The van der Waals surface area contributed by atoms with E-state index in [1.165, 1.54) is 25.7 Å². The van der Waals surface area contributed by atoms with Gasteiger partial charge in [-0.15, -0.1) is 0 Å². The van der Waals surface area contributed by atoms with Crippen LogP contribution in [0.3, 0.4) is 0 Å². The van der Waals surface area contributed by atoms with Crippen LogP contribution >= 0.6 is 0 Å². The van der Waals surface area contributed by atoms with Crippen molar-refractivity contribution in [3.63, 3.8) is 0 Å². The van der Waals surface area contributed by atoms with Crippen molar-refractivity contribution in [2.24, 2.45) is 17.8 Å². The summed E-state index contributed by atoms with van der Waals surface area (Å²) in [6.45, 7) is 1.92. The third-order valence-electron chi connectivity index (χ3n) is 4.55. The minimum absolute atomic E-state index is 0.424. The quantitative estimate of drug-likeness (QED) is 0.871. The zero-order valence-corrected chi connectivity index (χ0v) is 10.3. The van der Waals surface area contributed by atoms with Gasteiger partial charge in [-0.1, -0.05) is 6.42 Å². The maximum atomic E-state index is 10.2. The number of rotatable bonds is 3. The van der Waals surface area contributed by atoms with Crippen molar-refractivity contribution in [3.8, 4) is 0 Å². The number of aromatic nitrogens is 2. The first-order valence-corrected chi connectivity index (χ1v) is 6.69. The van der Waals surface area contributed by atoms with Gasteiger partial charge in [0.15, 0.2) is 0 Å². The minimum atomic E-state index is -0.424. The van der Waals surface area contributed by atoms with E-state index in [1.807, 2.05) is 6.92 Å². The zero-order valence-electron chi connectivity index (χ0n) is 10.3. The Morgan fingerprint density at radius 1 is 1.29 bits per heavy atom. The summed E-state index contributed by atoms with van der Waals surface area (Å²) in [4.78, 5) is 8.47. The summed E-state index contributed by atoms with van der Waals surface area (Å²) in [5.41, 5.74) is 1.64. The number of aryl methyl sites for hydroxylation is 1. The van der Waals surface area contributed by atoms with Crippen molar-refractivity contribution in [1.29, 1.82) is 0 Å². The summed E-state index contributed by atoms with van der Waals surface area (Å²) >= 11 is 0. The number of hydrogen-bond acceptors (Lipinski definition) is 3. The highest BCUT2D eigenvalue weighted by atomic mass is 16.3. The Bertz CT molecular complexity index is 390. The van der Waals surface area contributed by atoms with Crippen LogP contribution in [0.5, 0.6) is 0 Å². The standard InChI is InChI=1S/C14H20N2O/c1-9-7-16-13(8-15-9)14(17)6-12-5-10-2-3-11(12)4-10/h7-8,10-12,14,17H,2-6H2,1H3. The van der Waals surface area contributed by atoms with E-state index >= 15 is 0 Å². The maximum absolute atomic E-state index is 10.2. The molecule has 17 heavy (non-hydrogen) atoms. The van der Waals surface area contributed by atoms with E-state index in [0.717, 1.165) is 29.6 Å². The summed E-state index contributed by atoms with van der Waals surface area (Å²) in [5.74, 6) is 2.53. The van der Waals surface area contributed by atoms with Gasteiger partial charge in [-0.2, -0.15) is 0 Å². The van der Waals surface area contributed by atoms with Crippen molar-refractivity contribution in [3.05, 3.63) is 23.8 Å². The summed E-state index contributed by atoms with van der Waals surface area (Å²) in [6, 6.07) is 0. The minimum Gasteiger partial charge on any atom is -0.387 e. The second-order valence-corrected chi connectivity index (χ2v) is 5.77. The first-order valence-electron chi connectivity index (χ1n) is 6.69. The van der Waals surface area contributed by atoms with Gasteiger partial charge in [0.05, 0.1) is 23.7 Å². The van der Waals surface area contributed by atoms with Crippen LogP contribution in [0.1, 0.15) is 49.6 Å². The maximum Gasteiger partial charge on any atom is 0.0978 e. The number of aliphatic hydroxyl groups is 1. The fourth-order valence-electron chi connectivity index (χ4n) is 3.65. The molecule has 2 fully saturated rings. The average Bonchev–Trinajstić information content (AvgIpc) is 2.91. The molecule has 3 nitrogen and oxygen atoms in total. The van der Waals surface area contributed by atoms with Crippen LogP contribution in [-0.2, 0) is 0 Å². The van der Waals surface area contributed by atoms with Crippen LogP contribution in [0, 0.1) is 24.7 Å². The van der Waals surface area contributed by atoms with Crippen LogP contribution in [0.15, 0.2) is 12.4 Å². The zero-order chi connectivity index (χ0) is 11.8. The Hall–Kier alpha value is -0.960. The van der Waals surface area contributed by atoms with E-state index in [-0.39, 0.29) is 0 Å². The molecule has 3 rings (SSSR count). The lowest BCUT2D eigenvalue weighted by atomic mass is 9.84. The second-order valence-electron chi connectivity index (χ2n) is 5.77. The molecule has 0 aromatic carbocycles. The topological polar surface area (TPSA) is 46.0 Å². The van der Waals surface area contributed by atoms with Crippen molar-refractivity contribution in [2.45, 2.75) is 45.1 Å². The SMILES string of the molecule is Cc1cnc(C(O)CC2CC3CCC2C3)cn1. The Morgan fingerprint density at radius 2 is 2.18 bits per heavy atom. The van der Waals surface area contributed by atoms with Gasteiger partial charge in [-0.3, -0.25) is 9.97 Å². The van der Waals surface area contributed by atoms with Gasteiger partial charge in [-0.25, -0.2) is 0 Å². The van der Waals surface area contributed by atoms with E-state index in [1.54, 1.807) is 12.4 Å². The van der Waals surface area contributed by atoms with Gasteiger partial charge in [0, 0.05) is 6.20 Å². The van der Waals surface area contributed by atoms with E-state index < -0.39 is 6.10 Å². The third kappa shape index (κ3) is 2.21. The monoisotopic (exact) mass is 232 g/mol. The van der Waals surface area contributed by atoms with Crippen molar-refractivity contribution < 1.29 is 5.11 Å². The van der Waals surface area contributed by atoms with Gasteiger partial charge in [-0.05, 0) is 50.4 Å². The Balaban J connectivity index is 1.63. The summed E-state index contributed by atoms with van der Waals surface area (Å²) in [7, 11) is 0. The molecule has 0 saturated heterocycles. The Morgan fingerprint density at radius 3 is 2.76 bits per heavy atom. The molecule has 1 aromatic heterocycles. The fraction of sp³-hybridized carbons (Fsp3) is 0.714. The summed E-state index contributed by atoms with van der Waals surface area (Å²) in [5, 5.41) is 10.2. The largest absolute Gasteiger partial charge is 0.387 e. The third-order valence-corrected chi connectivity index (χ3v) is 4.55. The van der Waals surface area contributed by atoms with Gasteiger partial charge < -0.3 is 5.11 Å². The predicted octanol–water partition coefficient (Wildman–Crippen LogP) is 2.64. The van der Waals surface area contributed by atoms with E-state index in [0.29, 0.717) is 5.92 Å². The first-order chi connectivity index (χ1) is 8.22. The van der Waals surface area contributed by atoms with Crippen LogP contribution in [-0.4, -0.2) is 15.1 Å². The van der Waals surface area contributed by atoms with Gasteiger partial charge in [0.25, 0.3) is 0 Å². The smallest absolute Gasteiger partial charge is 0.0978 e. The molecule has 0 radical (unpaired) electrons. The highest BCUT2D eigenvalue weighted by molar-refractivity contribution is 5.04. The lowest BCUT2D eigenvalue weighted by Crippen LogP contribution is -2.15. The lowest BCUT2D eigenvalue weighted by molar-refractivity contribution is 0.121. The molecule has 4 unspecified atom stereocenters. The van der Waals surface area contributed by atoms with Crippen molar-refractivity contribution in [1.82, 2.24) is 9.97 Å². The van der Waals surface area contributed by atoms with Crippen LogP contribution in [0.25, 0.3) is 0 Å². The molecule has 2 aliphatic carbocycles. The molecule has 2 bridgehead atoms. The van der Waals surface area contributed by atoms with Crippen LogP contribution < -0.4 is 0 Å². The molecule has 1 heterocycles. The average molecular weight is 232 g/mol. The molecule has 1 aromatic rings. The summed E-state index contributed by atoms with van der Waals surface area (Å²) < 4.78 is 0. The molecule has 1 N–H and O–H groups in total. The molecule has 92 valence electrons. The molecule has 4 atom stereocenters. The van der Waals surface area contributed by atoms with E-state index in [9.17, 15) is 5.11 Å². The number of hydrogen-bond donors (Lipinski definition) is 1. The molecule has 0 amide bonds. The normalized spacial score (nSPS) is 32.9. The Kier molecular flexibility index (Phi) is 2.87. The highest BCUT2D eigenvalue weighted by Gasteiger charge is 2.40. The summed E-state index contributed by atoms with van der Waals surface area (Å²) in [6.07, 6.45) is 9.42. The van der Waals surface area contributed by atoms with Gasteiger partial charge in [0.2, 0.25) is 0 Å². The van der Waals surface area contributed by atoms with Crippen LogP contribution in [0.4, 0.5) is 0 Å². The number of aliphatic hydroxyl groups excluding tert-OH is 1. The second kappa shape index (κ2) is 4.37. The first kappa shape index (κ1) is 11.1. The van der Waals surface area contributed by atoms with E-state index in [2.05, 4.69) is 9.97 Å². The number of fused-ring (bicyclic) bond motifs is 2. The van der Waals surface area contributed by atoms with Crippen molar-refractivity contribution in [2.75, 3.05) is 0 Å². The molecule has 0 aliphatic heterocycles. The fourth-order valence-corrected chi connectivity index (χ4v) is 3.65. The molecule has 3 heteroatoms. The van der Waals surface area contributed by atoms with E-state index in [4.69, 9.17) is 0 Å². The number of nitrogens with zero attached hydrogens (tertiary/aromatic N) is 2. The molecule has 0 spiro atoms. The van der Waals surface area contributed by atoms with Gasteiger partial charge >= 0.3 is 0 Å². The Labute approximate surface area is 102 Å². The molecule has 2 saturated carbocycles. The highest BCUT2D eigenvalue weighted by Crippen LogP contribution is 2.50. The molecule has 2 aliphatic rings.